The number of rotatable bonds is 4. The SMILES string of the molecule is CN1CCN(C(=O)C2CCN(Cc3ccc(F)cc3)CC2)CCOc2ccc(N3CCOCC3)cc2Cc2cccc(c2)C1=O. The average Bonchev–Trinajstić information content (AvgIpc) is 3.07. The second-order valence-electron chi connectivity index (χ2n) is 12.3. The molecule has 0 atom stereocenters. The lowest BCUT2D eigenvalue weighted by Crippen LogP contribution is -2.46. The molecule has 2 amide bonds. The highest BCUT2D eigenvalue weighted by molar-refractivity contribution is 5.94. The fourth-order valence-corrected chi connectivity index (χ4v) is 6.53. The van der Waals surface area contributed by atoms with Crippen LogP contribution in [0.4, 0.5) is 10.1 Å². The third kappa shape index (κ3) is 7.83. The van der Waals surface area contributed by atoms with Crippen LogP contribution >= 0.6 is 0 Å². The van der Waals surface area contributed by atoms with Crippen LogP contribution in [0, 0.1) is 11.7 Å². The molecule has 0 saturated carbocycles. The van der Waals surface area contributed by atoms with Gasteiger partial charge in [-0.1, -0.05) is 24.3 Å². The van der Waals surface area contributed by atoms with Crippen molar-refractivity contribution >= 4 is 17.5 Å². The zero-order valence-electron chi connectivity index (χ0n) is 26.1. The Balaban J connectivity index is 1.17. The van der Waals surface area contributed by atoms with Gasteiger partial charge in [0.25, 0.3) is 5.91 Å². The van der Waals surface area contributed by atoms with E-state index in [9.17, 15) is 14.0 Å². The summed E-state index contributed by atoms with van der Waals surface area (Å²) in [6.07, 6.45) is 2.18. The molecule has 0 N–H and O–H groups in total. The van der Waals surface area contributed by atoms with E-state index in [0.29, 0.717) is 51.4 Å². The van der Waals surface area contributed by atoms with Crippen LogP contribution in [0.5, 0.6) is 5.75 Å². The number of carbonyl (C=O) groups excluding carboxylic acids is 2. The molecule has 0 radical (unpaired) electrons. The second-order valence-corrected chi connectivity index (χ2v) is 12.3. The lowest BCUT2D eigenvalue weighted by molar-refractivity contribution is -0.137. The predicted octanol–water partition coefficient (Wildman–Crippen LogP) is 4.46. The lowest BCUT2D eigenvalue weighted by atomic mass is 9.94. The maximum Gasteiger partial charge on any atom is 0.253 e. The highest BCUT2D eigenvalue weighted by Crippen LogP contribution is 2.29. The number of halogens is 1. The normalized spacial score (nSPS) is 19.1. The Bertz CT molecular complexity index is 1470. The van der Waals surface area contributed by atoms with Gasteiger partial charge < -0.3 is 24.2 Å². The fraction of sp³-hybridized carbons (Fsp3) is 0.444. The van der Waals surface area contributed by atoms with E-state index in [1.807, 2.05) is 41.3 Å². The highest BCUT2D eigenvalue weighted by atomic mass is 19.1. The molecule has 8 nitrogen and oxygen atoms in total. The van der Waals surface area contributed by atoms with Crippen molar-refractivity contribution in [3.05, 3.63) is 94.8 Å². The zero-order valence-corrected chi connectivity index (χ0v) is 26.1. The molecule has 9 heteroatoms. The molecule has 3 heterocycles. The van der Waals surface area contributed by atoms with Crippen molar-refractivity contribution in [2.45, 2.75) is 25.8 Å². The summed E-state index contributed by atoms with van der Waals surface area (Å²) in [5.41, 5.74) is 4.96. The molecule has 6 rings (SSSR count). The number of likely N-dealkylation sites (N-methyl/N-ethyl adjacent to an activating group) is 1. The summed E-state index contributed by atoms with van der Waals surface area (Å²) >= 11 is 0. The molecule has 2 bridgehead atoms. The first-order valence-electron chi connectivity index (χ1n) is 16.1. The summed E-state index contributed by atoms with van der Waals surface area (Å²) in [6, 6.07) is 20.8. The minimum atomic E-state index is -0.230. The quantitative estimate of drug-likeness (QED) is 0.433. The smallest absolute Gasteiger partial charge is 0.253 e. The summed E-state index contributed by atoms with van der Waals surface area (Å²) in [5.74, 6) is 0.576. The number of ether oxygens (including phenoxy) is 2. The average molecular weight is 615 g/mol. The topological polar surface area (TPSA) is 65.6 Å². The van der Waals surface area contributed by atoms with E-state index >= 15 is 0 Å². The largest absolute Gasteiger partial charge is 0.491 e. The lowest BCUT2D eigenvalue weighted by Gasteiger charge is -2.35. The van der Waals surface area contributed by atoms with Crippen molar-refractivity contribution < 1.29 is 23.5 Å². The predicted molar refractivity (Wildman–Crippen MR) is 172 cm³/mol. The van der Waals surface area contributed by atoms with Gasteiger partial charge in [-0.25, -0.2) is 4.39 Å². The van der Waals surface area contributed by atoms with Crippen molar-refractivity contribution in [1.82, 2.24) is 14.7 Å². The van der Waals surface area contributed by atoms with E-state index in [0.717, 1.165) is 73.7 Å². The molecule has 2 saturated heterocycles. The third-order valence-corrected chi connectivity index (χ3v) is 9.23. The van der Waals surface area contributed by atoms with Crippen molar-refractivity contribution in [1.29, 1.82) is 0 Å². The van der Waals surface area contributed by atoms with Crippen LogP contribution in [0.1, 0.15) is 39.9 Å². The molecular formula is C36H43FN4O4. The number of piperidine rings is 1. The molecule has 45 heavy (non-hydrogen) atoms. The van der Waals surface area contributed by atoms with Gasteiger partial charge in [0.1, 0.15) is 18.2 Å². The Kier molecular flexibility index (Phi) is 9.96. The monoisotopic (exact) mass is 614 g/mol. The number of nitrogens with zero attached hydrogens (tertiary/aromatic N) is 4. The van der Waals surface area contributed by atoms with E-state index in [1.54, 1.807) is 11.9 Å². The summed E-state index contributed by atoms with van der Waals surface area (Å²) in [7, 11) is 1.80. The Labute approximate surface area is 265 Å². The number of likely N-dealkylation sites (tertiary alicyclic amines) is 1. The van der Waals surface area contributed by atoms with E-state index < -0.39 is 0 Å². The number of hydrogen-bond donors (Lipinski definition) is 0. The van der Waals surface area contributed by atoms with Crippen molar-refractivity contribution in [3.63, 3.8) is 0 Å². The van der Waals surface area contributed by atoms with Gasteiger partial charge in [-0.15, -0.1) is 0 Å². The first-order valence-corrected chi connectivity index (χ1v) is 16.1. The molecule has 3 aromatic rings. The third-order valence-electron chi connectivity index (χ3n) is 9.23. The molecule has 2 fully saturated rings. The van der Waals surface area contributed by atoms with Crippen LogP contribution in [0.15, 0.2) is 66.7 Å². The van der Waals surface area contributed by atoms with E-state index in [1.165, 1.54) is 12.1 Å². The summed E-state index contributed by atoms with van der Waals surface area (Å²) in [6.45, 7) is 7.20. The number of fused-ring (bicyclic) bond motifs is 3. The van der Waals surface area contributed by atoms with Crippen molar-refractivity contribution in [3.8, 4) is 5.75 Å². The van der Waals surface area contributed by atoms with E-state index in [4.69, 9.17) is 9.47 Å². The van der Waals surface area contributed by atoms with Crippen LogP contribution in [-0.4, -0.2) is 99.2 Å². The Morgan fingerprint density at radius 1 is 0.867 bits per heavy atom. The summed E-state index contributed by atoms with van der Waals surface area (Å²) in [4.78, 5) is 35.6. The number of hydrogen-bond acceptors (Lipinski definition) is 6. The van der Waals surface area contributed by atoms with Crippen LogP contribution in [-0.2, 0) is 22.5 Å². The molecule has 0 aliphatic carbocycles. The standard InChI is InChI=1S/C36H43FN4O4/c1-38-15-16-41(36(43)29-11-13-39(14-12-29)26-27-5-7-32(37)8-6-27)19-22-45-34-10-9-33(40-17-20-44-21-18-40)25-31(34)24-28-3-2-4-30(23-28)35(38)42/h2-10,23,25,29H,11-22,24,26H2,1H3. The minimum Gasteiger partial charge on any atom is -0.491 e. The van der Waals surface area contributed by atoms with Gasteiger partial charge in [0.05, 0.1) is 19.8 Å². The molecule has 0 unspecified atom stereocenters. The van der Waals surface area contributed by atoms with Gasteiger partial charge in [-0.3, -0.25) is 14.5 Å². The first kappa shape index (κ1) is 31.0. The fourth-order valence-electron chi connectivity index (χ4n) is 6.53. The van der Waals surface area contributed by atoms with E-state index in [-0.39, 0.29) is 23.5 Å². The van der Waals surface area contributed by atoms with Gasteiger partial charge in [0.2, 0.25) is 5.91 Å². The number of anilines is 1. The first-order chi connectivity index (χ1) is 21.9. The highest BCUT2D eigenvalue weighted by Gasteiger charge is 2.29. The molecule has 3 aliphatic rings. The molecule has 238 valence electrons. The van der Waals surface area contributed by atoms with Crippen molar-refractivity contribution in [2.24, 2.45) is 5.92 Å². The minimum absolute atomic E-state index is 0.0473. The Morgan fingerprint density at radius 2 is 1.64 bits per heavy atom. The molecule has 0 aromatic heterocycles. The zero-order chi connectivity index (χ0) is 31.2. The van der Waals surface area contributed by atoms with Crippen LogP contribution in [0.3, 0.4) is 0 Å². The van der Waals surface area contributed by atoms with Gasteiger partial charge in [0.15, 0.2) is 0 Å². The molecule has 0 spiro atoms. The van der Waals surface area contributed by atoms with Crippen LogP contribution in [0.2, 0.25) is 0 Å². The summed E-state index contributed by atoms with van der Waals surface area (Å²) < 4.78 is 25.3. The van der Waals surface area contributed by atoms with Crippen LogP contribution in [0.25, 0.3) is 0 Å². The van der Waals surface area contributed by atoms with Gasteiger partial charge in [0, 0.05) is 68.9 Å². The maximum atomic E-state index is 13.9. The molecule has 3 aliphatic heterocycles. The van der Waals surface area contributed by atoms with Crippen molar-refractivity contribution in [2.75, 3.05) is 77.6 Å². The molecule has 3 aromatic carbocycles. The Hall–Kier alpha value is -3.95. The van der Waals surface area contributed by atoms with Gasteiger partial charge in [-0.2, -0.15) is 0 Å². The van der Waals surface area contributed by atoms with Crippen LogP contribution < -0.4 is 9.64 Å². The second kappa shape index (κ2) is 14.4. The number of benzene rings is 3. The number of morpholine rings is 1. The number of amides is 2. The maximum absolute atomic E-state index is 13.9. The van der Waals surface area contributed by atoms with Gasteiger partial charge >= 0.3 is 0 Å². The Morgan fingerprint density at radius 3 is 2.42 bits per heavy atom. The summed E-state index contributed by atoms with van der Waals surface area (Å²) in [5, 5.41) is 0. The number of carbonyl (C=O) groups is 2. The molecular weight excluding hydrogens is 571 g/mol. The van der Waals surface area contributed by atoms with E-state index in [2.05, 4.69) is 28.0 Å². The van der Waals surface area contributed by atoms with Gasteiger partial charge in [-0.05, 0) is 79.5 Å².